The quantitative estimate of drug-likeness (QED) is 0.870. The van der Waals surface area contributed by atoms with Crippen molar-refractivity contribution >= 4 is 15.7 Å². The van der Waals surface area contributed by atoms with Crippen LogP contribution in [0.5, 0.6) is 0 Å². The van der Waals surface area contributed by atoms with Crippen molar-refractivity contribution in [2.24, 2.45) is 0 Å². The van der Waals surface area contributed by atoms with Gasteiger partial charge in [0.25, 0.3) is 0 Å². The number of nitrogens with two attached hydrogens (primary N) is 1. The minimum atomic E-state index is -4.01. The van der Waals surface area contributed by atoms with Crippen molar-refractivity contribution in [3.8, 4) is 0 Å². The first-order valence-corrected chi connectivity index (χ1v) is 7.27. The largest absolute Gasteiger partial charge is 0.398 e. The average molecular weight is 295 g/mol. The molecule has 2 aromatic rings. The Balaban J connectivity index is 2.35. The summed E-state index contributed by atoms with van der Waals surface area (Å²) in [6.07, 6.45) is 1.56. The lowest BCUT2D eigenvalue weighted by atomic mass is 10.3. The fourth-order valence-electron chi connectivity index (χ4n) is 1.76. The molecule has 0 saturated heterocycles. The van der Waals surface area contributed by atoms with Gasteiger partial charge in [-0.2, -0.15) is 4.31 Å². The van der Waals surface area contributed by atoms with Crippen LogP contribution in [0.1, 0.15) is 5.69 Å². The minimum absolute atomic E-state index is 0.0386. The van der Waals surface area contributed by atoms with E-state index in [-0.39, 0.29) is 12.2 Å². The second-order valence-corrected chi connectivity index (χ2v) is 6.22. The number of aromatic nitrogens is 1. The molecule has 0 amide bonds. The Hall–Kier alpha value is -1.99. The van der Waals surface area contributed by atoms with Crippen LogP contribution in [0.25, 0.3) is 0 Å². The van der Waals surface area contributed by atoms with Gasteiger partial charge in [-0.3, -0.25) is 4.98 Å². The minimum Gasteiger partial charge on any atom is -0.398 e. The zero-order chi connectivity index (χ0) is 14.8. The Morgan fingerprint density at radius 2 is 2.00 bits per heavy atom. The summed E-state index contributed by atoms with van der Waals surface area (Å²) >= 11 is 0. The molecule has 0 saturated carbocycles. The molecular formula is C13H14FN3O2S. The molecule has 1 heterocycles. The highest BCUT2D eigenvalue weighted by Crippen LogP contribution is 2.25. The number of sulfonamides is 1. The Morgan fingerprint density at radius 1 is 1.25 bits per heavy atom. The number of nitrogen functional groups attached to an aromatic ring is 1. The molecule has 5 nitrogen and oxygen atoms in total. The second kappa shape index (κ2) is 5.56. The molecule has 0 fully saturated rings. The van der Waals surface area contributed by atoms with Gasteiger partial charge in [-0.25, -0.2) is 12.8 Å². The van der Waals surface area contributed by atoms with E-state index in [2.05, 4.69) is 4.98 Å². The van der Waals surface area contributed by atoms with Crippen LogP contribution in [0.15, 0.2) is 47.5 Å². The number of anilines is 1. The molecule has 0 bridgehead atoms. The van der Waals surface area contributed by atoms with Gasteiger partial charge in [-0.05, 0) is 24.3 Å². The van der Waals surface area contributed by atoms with Gasteiger partial charge >= 0.3 is 0 Å². The fraction of sp³-hybridized carbons (Fsp3) is 0.154. The highest BCUT2D eigenvalue weighted by atomic mass is 32.2. The van der Waals surface area contributed by atoms with Crippen LogP contribution in [0.4, 0.5) is 10.1 Å². The molecule has 1 aromatic heterocycles. The molecule has 1 aromatic carbocycles. The van der Waals surface area contributed by atoms with Crippen molar-refractivity contribution in [2.75, 3.05) is 12.8 Å². The van der Waals surface area contributed by atoms with Crippen molar-refractivity contribution in [1.82, 2.24) is 9.29 Å². The van der Waals surface area contributed by atoms with Gasteiger partial charge in [0.1, 0.15) is 10.7 Å². The molecule has 0 aliphatic carbocycles. The summed E-state index contributed by atoms with van der Waals surface area (Å²) in [5.41, 5.74) is 6.03. The van der Waals surface area contributed by atoms with Gasteiger partial charge < -0.3 is 5.73 Å². The summed E-state index contributed by atoms with van der Waals surface area (Å²) in [6, 6.07) is 8.95. The summed E-state index contributed by atoms with van der Waals surface area (Å²) in [6.45, 7) is 0.0386. The maximum atomic E-state index is 13.7. The lowest BCUT2D eigenvalue weighted by Crippen LogP contribution is -2.28. The highest BCUT2D eigenvalue weighted by molar-refractivity contribution is 7.89. The average Bonchev–Trinajstić information content (AvgIpc) is 2.39. The van der Waals surface area contributed by atoms with E-state index >= 15 is 0 Å². The van der Waals surface area contributed by atoms with Crippen molar-refractivity contribution in [3.63, 3.8) is 0 Å². The summed E-state index contributed by atoms with van der Waals surface area (Å²) < 4.78 is 39.5. The molecule has 106 valence electrons. The molecule has 2 N–H and O–H groups in total. The van der Waals surface area contributed by atoms with Crippen LogP contribution in [-0.4, -0.2) is 24.8 Å². The fourth-order valence-corrected chi connectivity index (χ4v) is 3.05. The molecule has 0 spiro atoms. The third kappa shape index (κ3) is 2.78. The Morgan fingerprint density at radius 3 is 2.60 bits per heavy atom. The molecule has 0 aliphatic heterocycles. The molecule has 7 heteroatoms. The third-order valence-electron chi connectivity index (χ3n) is 2.78. The van der Waals surface area contributed by atoms with Crippen LogP contribution in [-0.2, 0) is 16.6 Å². The van der Waals surface area contributed by atoms with Crippen molar-refractivity contribution in [3.05, 3.63) is 54.1 Å². The van der Waals surface area contributed by atoms with Crippen LogP contribution < -0.4 is 5.73 Å². The van der Waals surface area contributed by atoms with Gasteiger partial charge in [0.15, 0.2) is 0 Å². The number of benzene rings is 1. The standard InChI is InChI=1S/C13H14FN3O2S/c1-17(9-10-5-2-3-8-16-10)20(18,19)13-11(14)6-4-7-12(13)15/h2-8H,9,15H2,1H3. The normalized spacial score (nSPS) is 11.8. The maximum Gasteiger partial charge on any atom is 0.248 e. The SMILES string of the molecule is CN(Cc1ccccn1)S(=O)(=O)c1c(N)cccc1F. The summed E-state index contributed by atoms with van der Waals surface area (Å²) in [5, 5.41) is 0. The lowest BCUT2D eigenvalue weighted by molar-refractivity contribution is 0.456. The molecule has 0 unspecified atom stereocenters. The van der Waals surface area contributed by atoms with E-state index in [9.17, 15) is 12.8 Å². The number of rotatable bonds is 4. The molecule has 20 heavy (non-hydrogen) atoms. The van der Waals surface area contributed by atoms with E-state index < -0.39 is 20.7 Å². The lowest BCUT2D eigenvalue weighted by Gasteiger charge is -2.18. The number of halogens is 1. The van der Waals surface area contributed by atoms with E-state index in [0.29, 0.717) is 5.69 Å². The van der Waals surface area contributed by atoms with E-state index in [1.807, 2.05) is 0 Å². The van der Waals surface area contributed by atoms with Crippen molar-refractivity contribution < 1.29 is 12.8 Å². The molecular weight excluding hydrogens is 281 g/mol. The van der Waals surface area contributed by atoms with Gasteiger partial charge in [0.2, 0.25) is 10.0 Å². The zero-order valence-electron chi connectivity index (χ0n) is 10.8. The zero-order valence-corrected chi connectivity index (χ0v) is 11.6. The number of pyridine rings is 1. The first kappa shape index (κ1) is 14.4. The molecule has 0 atom stereocenters. The predicted octanol–water partition coefficient (Wildman–Crippen LogP) is 1.62. The molecule has 2 rings (SSSR count). The van der Waals surface area contributed by atoms with E-state index in [0.717, 1.165) is 10.4 Å². The Kier molecular flexibility index (Phi) is 4.01. The smallest absolute Gasteiger partial charge is 0.248 e. The molecule has 0 aliphatic rings. The summed E-state index contributed by atoms with van der Waals surface area (Å²) in [5.74, 6) is -0.863. The Bertz CT molecular complexity index is 685. The van der Waals surface area contributed by atoms with Gasteiger partial charge in [-0.15, -0.1) is 0 Å². The van der Waals surface area contributed by atoms with Crippen LogP contribution in [0.3, 0.4) is 0 Å². The topological polar surface area (TPSA) is 76.3 Å². The van der Waals surface area contributed by atoms with Gasteiger partial charge in [0, 0.05) is 13.2 Å². The number of hydrogen-bond acceptors (Lipinski definition) is 4. The second-order valence-electron chi connectivity index (χ2n) is 4.24. The molecule has 0 radical (unpaired) electrons. The van der Waals surface area contributed by atoms with Crippen LogP contribution >= 0.6 is 0 Å². The maximum absolute atomic E-state index is 13.7. The highest BCUT2D eigenvalue weighted by Gasteiger charge is 2.27. The van der Waals surface area contributed by atoms with Crippen molar-refractivity contribution in [2.45, 2.75) is 11.4 Å². The summed E-state index contributed by atoms with van der Waals surface area (Å²) in [4.78, 5) is 3.54. The van der Waals surface area contributed by atoms with E-state index in [1.54, 1.807) is 24.4 Å². The predicted molar refractivity (Wildman–Crippen MR) is 73.7 cm³/mol. The van der Waals surface area contributed by atoms with Gasteiger partial charge in [-0.1, -0.05) is 12.1 Å². The van der Waals surface area contributed by atoms with Crippen LogP contribution in [0, 0.1) is 5.82 Å². The first-order valence-electron chi connectivity index (χ1n) is 5.83. The van der Waals surface area contributed by atoms with E-state index in [4.69, 9.17) is 5.73 Å². The van der Waals surface area contributed by atoms with Crippen molar-refractivity contribution in [1.29, 1.82) is 0 Å². The van der Waals surface area contributed by atoms with Crippen LogP contribution in [0.2, 0.25) is 0 Å². The number of nitrogens with zero attached hydrogens (tertiary/aromatic N) is 2. The Labute approximate surface area is 116 Å². The number of hydrogen-bond donors (Lipinski definition) is 1. The first-order chi connectivity index (χ1) is 9.43. The third-order valence-corrected chi connectivity index (χ3v) is 4.67. The monoisotopic (exact) mass is 295 g/mol. The summed E-state index contributed by atoms with van der Waals surface area (Å²) in [7, 11) is -2.65. The van der Waals surface area contributed by atoms with E-state index in [1.165, 1.54) is 19.2 Å². The van der Waals surface area contributed by atoms with Gasteiger partial charge in [0.05, 0.1) is 17.9 Å².